The van der Waals surface area contributed by atoms with Crippen LogP contribution in [0.1, 0.15) is 43.0 Å². The summed E-state index contributed by atoms with van der Waals surface area (Å²) in [7, 11) is 0. The number of aromatic nitrogens is 1. The van der Waals surface area contributed by atoms with Gasteiger partial charge < -0.3 is 4.90 Å². The first-order chi connectivity index (χ1) is 8.70. The van der Waals surface area contributed by atoms with Crippen molar-refractivity contribution in [3.8, 4) is 0 Å². The number of carbonyl (C=O) groups excluding carboxylic acids is 1. The highest BCUT2D eigenvalue weighted by Crippen LogP contribution is 2.23. The van der Waals surface area contributed by atoms with Crippen molar-refractivity contribution in [2.24, 2.45) is 5.92 Å². The standard InChI is InChI=1S/C14H19BrN2O/c1-2-3-11-5-8-17(9-6-11)14(18)12-4-7-16-13(15)10-12/h4,7,10-11H,2-3,5-6,8-9H2,1H3. The lowest BCUT2D eigenvalue weighted by molar-refractivity contribution is 0.0686. The summed E-state index contributed by atoms with van der Waals surface area (Å²) in [5.74, 6) is 0.941. The molecule has 0 unspecified atom stereocenters. The maximum absolute atomic E-state index is 12.3. The molecule has 1 aromatic rings. The molecule has 3 nitrogen and oxygen atoms in total. The number of piperidine rings is 1. The zero-order valence-corrected chi connectivity index (χ0v) is 12.3. The second-order valence-corrected chi connectivity index (χ2v) is 5.70. The van der Waals surface area contributed by atoms with Gasteiger partial charge in [0, 0.05) is 24.8 Å². The Bertz CT molecular complexity index is 414. The van der Waals surface area contributed by atoms with Crippen LogP contribution < -0.4 is 0 Å². The Balaban J connectivity index is 1.95. The summed E-state index contributed by atoms with van der Waals surface area (Å²) >= 11 is 3.30. The number of rotatable bonds is 3. The van der Waals surface area contributed by atoms with E-state index < -0.39 is 0 Å². The molecule has 1 aliphatic heterocycles. The van der Waals surface area contributed by atoms with Crippen LogP contribution in [-0.4, -0.2) is 28.9 Å². The Labute approximate surface area is 117 Å². The summed E-state index contributed by atoms with van der Waals surface area (Å²) in [6.07, 6.45) is 6.50. The lowest BCUT2D eigenvalue weighted by atomic mass is 9.92. The van der Waals surface area contributed by atoms with Crippen LogP contribution in [0.25, 0.3) is 0 Å². The average molecular weight is 311 g/mol. The minimum absolute atomic E-state index is 0.132. The Morgan fingerprint density at radius 3 is 2.83 bits per heavy atom. The maximum Gasteiger partial charge on any atom is 0.254 e. The molecule has 0 aromatic carbocycles. The number of hydrogen-bond donors (Lipinski definition) is 0. The third kappa shape index (κ3) is 3.31. The van der Waals surface area contributed by atoms with Gasteiger partial charge >= 0.3 is 0 Å². The van der Waals surface area contributed by atoms with E-state index in [0.29, 0.717) is 4.60 Å². The molecule has 2 heterocycles. The van der Waals surface area contributed by atoms with Crippen LogP contribution in [0.5, 0.6) is 0 Å². The van der Waals surface area contributed by atoms with E-state index in [1.807, 2.05) is 4.90 Å². The molecular weight excluding hydrogens is 292 g/mol. The number of amides is 1. The number of halogens is 1. The molecule has 18 heavy (non-hydrogen) atoms. The molecule has 0 aliphatic carbocycles. The molecule has 98 valence electrons. The molecule has 0 radical (unpaired) electrons. The van der Waals surface area contributed by atoms with Gasteiger partial charge in [0.25, 0.3) is 5.91 Å². The van der Waals surface area contributed by atoms with E-state index in [2.05, 4.69) is 27.8 Å². The SMILES string of the molecule is CCCC1CCN(C(=O)c2ccnc(Br)c2)CC1. The van der Waals surface area contributed by atoms with Crippen molar-refractivity contribution in [2.75, 3.05) is 13.1 Å². The number of pyridine rings is 1. The van der Waals surface area contributed by atoms with Crippen LogP contribution in [0.3, 0.4) is 0 Å². The summed E-state index contributed by atoms with van der Waals surface area (Å²) in [5.41, 5.74) is 0.728. The molecule has 0 N–H and O–H groups in total. The zero-order chi connectivity index (χ0) is 13.0. The van der Waals surface area contributed by atoms with E-state index in [1.165, 1.54) is 12.8 Å². The number of nitrogens with zero attached hydrogens (tertiary/aromatic N) is 2. The first-order valence-corrected chi connectivity index (χ1v) is 7.41. The maximum atomic E-state index is 12.3. The van der Waals surface area contributed by atoms with Crippen molar-refractivity contribution in [1.29, 1.82) is 0 Å². The second kappa shape index (κ2) is 6.32. The van der Waals surface area contributed by atoms with Gasteiger partial charge in [-0.3, -0.25) is 4.79 Å². The molecule has 1 aliphatic rings. The first-order valence-electron chi connectivity index (χ1n) is 6.61. The number of hydrogen-bond acceptors (Lipinski definition) is 2. The Hall–Kier alpha value is -0.900. The van der Waals surface area contributed by atoms with Crippen molar-refractivity contribution >= 4 is 21.8 Å². The van der Waals surface area contributed by atoms with E-state index in [9.17, 15) is 4.79 Å². The first kappa shape index (κ1) is 13.5. The van der Waals surface area contributed by atoms with E-state index >= 15 is 0 Å². The van der Waals surface area contributed by atoms with Gasteiger partial charge in [-0.2, -0.15) is 0 Å². The number of carbonyl (C=O) groups is 1. The smallest absolute Gasteiger partial charge is 0.254 e. The molecule has 1 aromatic heterocycles. The Morgan fingerprint density at radius 2 is 2.22 bits per heavy atom. The van der Waals surface area contributed by atoms with Gasteiger partial charge in [0.05, 0.1) is 0 Å². The predicted molar refractivity (Wildman–Crippen MR) is 75.5 cm³/mol. The fourth-order valence-electron chi connectivity index (χ4n) is 2.55. The highest BCUT2D eigenvalue weighted by atomic mass is 79.9. The molecular formula is C14H19BrN2O. The predicted octanol–water partition coefficient (Wildman–Crippen LogP) is 3.50. The molecule has 4 heteroatoms. The minimum atomic E-state index is 0.132. The lowest BCUT2D eigenvalue weighted by Gasteiger charge is -2.32. The van der Waals surface area contributed by atoms with Crippen molar-refractivity contribution in [2.45, 2.75) is 32.6 Å². The van der Waals surface area contributed by atoms with E-state index in [1.54, 1.807) is 18.3 Å². The van der Waals surface area contributed by atoms with E-state index in [4.69, 9.17) is 0 Å². The van der Waals surface area contributed by atoms with Gasteiger partial charge in [-0.15, -0.1) is 0 Å². The van der Waals surface area contributed by atoms with Gasteiger partial charge in [0.15, 0.2) is 0 Å². The molecule has 0 atom stereocenters. The van der Waals surface area contributed by atoms with Crippen LogP contribution in [0.4, 0.5) is 0 Å². The largest absolute Gasteiger partial charge is 0.339 e. The third-order valence-electron chi connectivity index (χ3n) is 3.57. The van der Waals surface area contributed by atoms with Crippen molar-refractivity contribution in [1.82, 2.24) is 9.88 Å². The van der Waals surface area contributed by atoms with E-state index in [0.717, 1.165) is 37.4 Å². The monoisotopic (exact) mass is 310 g/mol. The van der Waals surface area contributed by atoms with Crippen LogP contribution in [0.15, 0.2) is 22.9 Å². The Kier molecular flexibility index (Phi) is 4.75. The molecule has 2 rings (SSSR count). The quantitative estimate of drug-likeness (QED) is 0.801. The molecule has 1 fully saturated rings. The molecule has 0 spiro atoms. The molecule has 1 saturated heterocycles. The van der Waals surface area contributed by atoms with Crippen molar-refractivity contribution < 1.29 is 4.79 Å². The van der Waals surface area contributed by atoms with Crippen LogP contribution >= 0.6 is 15.9 Å². The van der Waals surface area contributed by atoms with Crippen molar-refractivity contribution in [3.05, 3.63) is 28.5 Å². The number of likely N-dealkylation sites (tertiary alicyclic amines) is 1. The second-order valence-electron chi connectivity index (χ2n) is 4.89. The molecule has 1 amide bonds. The molecule has 0 bridgehead atoms. The third-order valence-corrected chi connectivity index (χ3v) is 4.01. The summed E-state index contributed by atoms with van der Waals surface area (Å²) in [6.45, 7) is 4.01. The molecule has 0 saturated carbocycles. The van der Waals surface area contributed by atoms with Crippen molar-refractivity contribution in [3.63, 3.8) is 0 Å². The summed E-state index contributed by atoms with van der Waals surface area (Å²) in [4.78, 5) is 18.3. The minimum Gasteiger partial charge on any atom is -0.339 e. The summed E-state index contributed by atoms with van der Waals surface area (Å²) < 4.78 is 0.717. The average Bonchev–Trinajstić information content (AvgIpc) is 2.39. The van der Waals surface area contributed by atoms with Gasteiger partial charge in [-0.1, -0.05) is 19.8 Å². The summed E-state index contributed by atoms with van der Waals surface area (Å²) in [5, 5.41) is 0. The highest BCUT2D eigenvalue weighted by molar-refractivity contribution is 9.10. The normalized spacial score (nSPS) is 16.9. The van der Waals surface area contributed by atoms with Crippen LogP contribution in [0, 0.1) is 5.92 Å². The van der Waals surface area contributed by atoms with Crippen LogP contribution in [-0.2, 0) is 0 Å². The highest BCUT2D eigenvalue weighted by Gasteiger charge is 2.23. The van der Waals surface area contributed by atoms with Gasteiger partial charge in [-0.05, 0) is 46.8 Å². The van der Waals surface area contributed by atoms with Crippen LogP contribution in [0.2, 0.25) is 0 Å². The zero-order valence-electron chi connectivity index (χ0n) is 10.7. The lowest BCUT2D eigenvalue weighted by Crippen LogP contribution is -2.38. The van der Waals surface area contributed by atoms with Gasteiger partial charge in [0.2, 0.25) is 0 Å². The van der Waals surface area contributed by atoms with Gasteiger partial charge in [0.1, 0.15) is 4.60 Å². The fraction of sp³-hybridized carbons (Fsp3) is 0.571. The van der Waals surface area contributed by atoms with E-state index in [-0.39, 0.29) is 5.91 Å². The van der Waals surface area contributed by atoms with Gasteiger partial charge in [-0.25, -0.2) is 4.98 Å². The fourth-order valence-corrected chi connectivity index (χ4v) is 2.92. The Morgan fingerprint density at radius 1 is 1.50 bits per heavy atom. The topological polar surface area (TPSA) is 33.2 Å². The summed E-state index contributed by atoms with van der Waals surface area (Å²) in [6, 6.07) is 3.58.